The van der Waals surface area contributed by atoms with E-state index in [0.717, 1.165) is 23.4 Å². The molecule has 0 aliphatic rings. The van der Waals surface area contributed by atoms with Gasteiger partial charge in [0.1, 0.15) is 22.8 Å². The summed E-state index contributed by atoms with van der Waals surface area (Å²) in [7, 11) is 5.18. The predicted molar refractivity (Wildman–Crippen MR) is 184 cm³/mol. The summed E-state index contributed by atoms with van der Waals surface area (Å²) in [5.41, 5.74) is -0.561. The Hall–Kier alpha value is -6.39. The van der Waals surface area contributed by atoms with Crippen molar-refractivity contribution in [1.29, 1.82) is 0 Å². The van der Waals surface area contributed by atoms with Crippen molar-refractivity contribution < 1.29 is 27.5 Å². The number of methoxy groups -OCH3 is 1. The second-order valence-electron chi connectivity index (χ2n) is 10.8. The molecule has 2 heterocycles. The van der Waals surface area contributed by atoms with Gasteiger partial charge in [-0.05, 0) is 49.5 Å². The van der Waals surface area contributed by atoms with Gasteiger partial charge in [-0.3, -0.25) is 19.2 Å². The monoisotopic (exact) mass is 704 g/mol. The number of rotatable bonds is 13. The summed E-state index contributed by atoms with van der Waals surface area (Å²) >= 11 is 0. The molecule has 0 bridgehead atoms. The lowest BCUT2D eigenvalue weighted by atomic mass is 10.2. The average Bonchev–Trinajstić information content (AvgIpc) is 3.10. The van der Waals surface area contributed by atoms with Gasteiger partial charge in [0, 0.05) is 25.2 Å². The second-order valence-corrected chi connectivity index (χ2v) is 10.8. The minimum Gasteiger partial charge on any atom is -0.480 e. The number of carbonyl (C=O) groups excluding carboxylic acids is 2. The summed E-state index contributed by atoms with van der Waals surface area (Å²) in [6, 6.07) is 11.5. The molecule has 16 heteroatoms. The summed E-state index contributed by atoms with van der Waals surface area (Å²) in [5, 5.41) is 16.1. The molecule has 4 aromatic rings. The van der Waals surface area contributed by atoms with E-state index in [9.17, 15) is 32.3 Å². The third-order valence-corrected chi connectivity index (χ3v) is 6.75. The average molecular weight is 705 g/mol. The zero-order valence-electron chi connectivity index (χ0n) is 28.0. The van der Waals surface area contributed by atoms with Crippen LogP contribution in [0.15, 0.2) is 64.2 Å². The van der Waals surface area contributed by atoms with Crippen molar-refractivity contribution in [1.82, 2.24) is 35.1 Å². The number of amides is 2. The lowest BCUT2D eigenvalue weighted by Gasteiger charge is -2.14. The van der Waals surface area contributed by atoms with Gasteiger partial charge in [-0.1, -0.05) is 30.0 Å². The van der Waals surface area contributed by atoms with Gasteiger partial charge >= 0.3 is 0 Å². The Morgan fingerprint density at radius 3 is 1.90 bits per heavy atom. The van der Waals surface area contributed by atoms with E-state index < -0.39 is 34.6 Å². The van der Waals surface area contributed by atoms with E-state index in [1.54, 1.807) is 12.1 Å². The molecule has 0 unspecified atom stereocenters. The van der Waals surface area contributed by atoms with Crippen LogP contribution in [0.2, 0.25) is 0 Å². The SMILES string of the molecule is C#CCNC(=O)c1cc(NCCN(C)C)nn(Cc2ccc(F)cc2)c1=O.C#CCNC(=O)c1cc(OC)nn(Cc2ccc(F)c(F)c2)c1=O. The first-order valence-corrected chi connectivity index (χ1v) is 15.1. The van der Waals surface area contributed by atoms with Crippen LogP contribution in [0.25, 0.3) is 0 Å². The van der Waals surface area contributed by atoms with Crippen LogP contribution in [-0.4, -0.2) is 83.7 Å². The second kappa shape index (κ2) is 19.0. The number of ether oxygens (including phenoxy) is 1. The van der Waals surface area contributed by atoms with Gasteiger partial charge in [0.2, 0.25) is 5.88 Å². The highest BCUT2D eigenvalue weighted by atomic mass is 19.2. The van der Waals surface area contributed by atoms with Crippen molar-refractivity contribution in [3.05, 3.63) is 115 Å². The van der Waals surface area contributed by atoms with Gasteiger partial charge in [-0.2, -0.15) is 5.10 Å². The smallest absolute Gasteiger partial charge is 0.280 e. The highest BCUT2D eigenvalue weighted by Gasteiger charge is 2.17. The molecule has 4 rings (SSSR count). The van der Waals surface area contributed by atoms with Crippen LogP contribution in [0.3, 0.4) is 0 Å². The number of hydrogen-bond acceptors (Lipinski definition) is 9. The molecular formula is C35H35F3N8O5. The van der Waals surface area contributed by atoms with E-state index in [4.69, 9.17) is 17.6 Å². The van der Waals surface area contributed by atoms with Crippen molar-refractivity contribution in [3.8, 4) is 30.6 Å². The molecule has 2 aromatic carbocycles. The summed E-state index contributed by atoms with van der Waals surface area (Å²) < 4.78 is 46.4. The van der Waals surface area contributed by atoms with E-state index in [2.05, 4.69) is 38.0 Å². The summed E-state index contributed by atoms with van der Waals surface area (Å²) in [6.07, 6.45) is 10.2. The fourth-order valence-electron chi connectivity index (χ4n) is 4.22. The molecule has 3 N–H and O–H groups in total. The molecule has 0 saturated heterocycles. The summed E-state index contributed by atoms with van der Waals surface area (Å²) in [6.45, 7) is 1.24. The van der Waals surface area contributed by atoms with E-state index in [1.807, 2.05) is 19.0 Å². The maximum Gasteiger partial charge on any atom is 0.280 e. The van der Waals surface area contributed by atoms with E-state index in [1.165, 1.54) is 42.1 Å². The number of halogens is 3. The van der Waals surface area contributed by atoms with Crippen LogP contribution < -0.4 is 31.8 Å². The lowest BCUT2D eigenvalue weighted by molar-refractivity contribution is 0.0947. The molecule has 0 atom stereocenters. The summed E-state index contributed by atoms with van der Waals surface area (Å²) in [5.74, 6) is 1.26. The standard InChI is InChI=1S/C19H22FN5O2.C16H13F2N3O3/c1-4-9-22-18(26)16-12-17(21-10-11-24(2)3)23-25(19(16)27)13-14-5-7-15(20)8-6-14;1-3-6-19-15(22)11-8-14(24-2)20-21(16(11)23)9-10-4-5-12(17)13(18)7-10/h1,5-8,12H,9-11,13H2,2-3H3,(H,21,23)(H,22,26);1,4-5,7-8H,6,9H2,2H3,(H,19,22). The van der Waals surface area contributed by atoms with Crippen LogP contribution in [0.4, 0.5) is 19.0 Å². The van der Waals surface area contributed by atoms with Crippen LogP contribution in [-0.2, 0) is 13.1 Å². The fraction of sp³-hybridized carbons (Fsp3) is 0.257. The minimum absolute atomic E-state index is 0.0158. The highest BCUT2D eigenvalue weighted by molar-refractivity contribution is 5.95. The molecule has 51 heavy (non-hydrogen) atoms. The quantitative estimate of drug-likeness (QED) is 0.177. The van der Waals surface area contributed by atoms with Gasteiger partial charge in [-0.25, -0.2) is 22.5 Å². The number of hydrogen-bond donors (Lipinski definition) is 3. The third-order valence-electron chi connectivity index (χ3n) is 6.75. The number of carbonyl (C=O) groups is 2. The van der Waals surface area contributed by atoms with Gasteiger partial charge in [0.25, 0.3) is 22.9 Å². The number of anilines is 1. The number of nitrogens with zero attached hydrogens (tertiary/aromatic N) is 5. The van der Waals surface area contributed by atoms with Crippen molar-refractivity contribution in [2.24, 2.45) is 0 Å². The molecule has 13 nitrogen and oxygen atoms in total. The van der Waals surface area contributed by atoms with Crippen LogP contribution in [0.1, 0.15) is 31.8 Å². The number of terminal acetylenes is 2. The molecule has 0 radical (unpaired) electrons. The largest absolute Gasteiger partial charge is 0.480 e. The van der Waals surface area contributed by atoms with Crippen molar-refractivity contribution >= 4 is 17.6 Å². The minimum atomic E-state index is -1.05. The first-order valence-electron chi connectivity index (χ1n) is 15.1. The highest BCUT2D eigenvalue weighted by Crippen LogP contribution is 2.12. The molecule has 266 valence electrons. The first kappa shape index (κ1) is 39.1. The first-order chi connectivity index (χ1) is 24.4. The Kier molecular flexibility index (Phi) is 14.5. The Morgan fingerprint density at radius 1 is 0.804 bits per heavy atom. The Morgan fingerprint density at radius 2 is 1.35 bits per heavy atom. The molecule has 0 saturated carbocycles. The maximum absolute atomic E-state index is 13.3. The van der Waals surface area contributed by atoms with Gasteiger partial charge in [0.05, 0.1) is 33.3 Å². The van der Waals surface area contributed by atoms with Gasteiger partial charge in [-0.15, -0.1) is 17.9 Å². The van der Waals surface area contributed by atoms with Crippen molar-refractivity contribution in [2.45, 2.75) is 13.1 Å². The van der Waals surface area contributed by atoms with Gasteiger partial charge < -0.3 is 25.6 Å². The summed E-state index contributed by atoms with van der Waals surface area (Å²) in [4.78, 5) is 51.3. The molecule has 0 fully saturated rings. The Labute approximate surface area is 291 Å². The molecule has 0 aliphatic carbocycles. The van der Waals surface area contributed by atoms with Crippen LogP contribution in [0, 0.1) is 42.1 Å². The Bertz CT molecular complexity index is 2050. The number of benzene rings is 2. The van der Waals surface area contributed by atoms with Crippen molar-refractivity contribution in [3.63, 3.8) is 0 Å². The zero-order valence-corrected chi connectivity index (χ0v) is 28.0. The Balaban J connectivity index is 0.000000277. The maximum atomic E-state index is 13.3. The number of nitrogens with one attached hydrogen (secondary N) is 3. The van der Waals surface area contributed by atoms with Gasteiger partial charge in [0.15, 0.2) is 11.6 Å². The topological polar surface area (TPSA) is 152 Å². The molecular weight excluding hydrogens is 669 g/mol. The lowest BCUT2D eigenvalue weighted by Crippen LogP contribution is -2.35. The molecule has 0 spiro atoms. The molecule has 0 aliphatic heterocycles. The molecule has 2 aromatic heterocycles. The normalized spacial score (nSPS) is 10.3. The van der Waals surface area contributed by atoms with E-state index in [0.29, 0.717) is 23.5 Å². The fourth-order valence-corrected chi connectivity index (χ4v) is 4.22. The number of aromatic nitrogens is 4. The zero-order chi connectivity index (χ0) is 37.5. The van der Waals surface area contributed by atoms with Crippen molar-refractivity contribution in [2.75, 3.05) is 52.7 Å². The number of likely N-dealkylation sites (N-methyl/N-ethyl adjacent to an activating group) is 1. The van der Waals surface area contributed by atoms with E-state index >= 15 is 0 Å². The van der Waals surface area contributed by atoms with Crippen LogP contribution >= 0.6 is 0 Å². The van der Waals surface area contributed by atoms with Crippen LogP contribution in [0.5, 0.6) is 5.88 Å². The van der Waals surface area contributed by atoms with E-state index in [-0.39, 0.29) is 49.0 Å². The predicted octanol–water partition coefficient (Wildman–Crippen LogP) is 1.71. The third kappa shape index (κ3) is 11.6. The molecule has 2 amide bonds.